The van der Waals surface area contributed by atoms with Crippen LogP contribution in [0.5, 0.6) is 0 Å². The summed E-state index contributed by atoms with van der Waals surface area (Å²) in [4.78, 5) is 33.0. The summed E-state index contributed by atoms with van der Waals surface area (Å²) in [7, 11) is 1.80. The monoisotopic (exact) mass is 366 g/mol. The van der Waals surface area contributed by atoms with Crippen molar-refractivity contribution in [3.05, 3.63) is 53.1 Å². The highest BCUT2D eigenvalue weighted by atomic mass is 16.2. The zero-order valence-corrected chi connectivity index (χ0v) is 15.6. The third kappa shape index (κ3) is 4.28. The number of aromatic nitrogens is 4. The summed E-state index contributed by atoms with van der Waals surface area (Å²) in [6, 6.07) is 5.43. The van der Waals surface area contributed by atoms with Gasteiger partial charge in [0.15, 0.2) is 5.65 Å². The molecule has 0 aliphatic carbocycles. The first-order valence-electron chi connectivity index (χ1n) is 8.70. The molecule has 8 heteroatoms. The van der Waals surface area contributed by atoms with Crippen molar-refractivity contribution in [1.29, 1.82) is 0 Å². The normalized spacial score (nSPS) is 10.8. The second-order valence-corrected chi connectivity index (χ2v) is 6.36. The maximum absolute atomic E-state index is 12.6. The van der Waals surface area contributed by atoms with Crippen molar-refractivity contribution in [2.45, 2.75) is 26.8 Å². The molecule has 0 unspecified atom stereocenters. The van der Waals surface area contributed by atoms with E-state index in [0.717, 1.165) is 22.3 Å². The fraction of sp³-hybridized carbons (Fsp3) is 0.316. The van der Waals surface area contributed by atoms with Crippen LogP contribution in [0.3, 0.4) is 0 Å². The maximum Gasteiger partial charge on any atom is 0.252 e. The van der Waals surface area contributed by atoms with Crippen LogP contribution in [0.25, 0.3) is 11.0 Å². The summed E-state index contributed by atoms with van der Waals surface area (Å²) < 4.78 is 1.67. The van der Waals surface area contributed by atoms with Crippen LogP contribution in [-0.4, -0.2) is 38.1 Å². The predicted octanol–water partition coefficient (Wildman–Crippen LogP) is 1.42. The zero-order chi connectivity index (χ0) is 19.4. The van der Waals surface area contributed by atoms with E-state index in [9.17, 15) is 9.59 Å². The smallest absolute Gasteiger partial charge is 0.252 e. The molecule has 0 aliphatic rings. The highest BCUT2D eigenvalue weighted by Crippen LogP contribution is 2.21. The van der Waals surface area contributed by atoms with E-state index in [0.29, 0.717) is 17.8 Å². The molecule has 0 aliphatic heterocycles. The quantitative estimate of drug-likeness (QED) is 0.687. The molecule has 0 saturated heterocycles. The van der Waals surface area contributed by atoms with Gasteiger partial charge >= 0.3 is 0 Å². The van der Waals surface area contributed by atoms with Gasteiger partial charge in [-0.05, 0) is 37.6 Å². The summed E-state index contributed by atoms with van der Waals surface area (Å²) in [6.45, 7) is 4.38. The number of pyridine rings is 2. The van der Waals surface area contributed by atoms with Gasteiger partial charge in [-0.2, -0.15) is 5.10 Å². The Morgan fingerprint density at radius 3 is 2.63 bits per heavy atom. The van der Waals surface area contributed by atoms with Crippen molar-refractivity contribution in [3.8, 4) is 0 Å². The molecule has 0 bridgehead atoms. The molecule has 0 atom stereocenters. The molecule has 3 aromatic heterocycles. The fourth-order valence-corrected chi connectivity index (χ4v) is 2.92. The van der Waals surface area contributed by atoms with E-state index in [2.05, 4.69) is 25.7 Å². The SMILES string of the molecule is Cc1cc(C(=O)NCCC(=O)NCc2ccncc2)c2c(C)nn(C)c2n1. The van der Waals surface area contributed by atoms with Gasteiger partial charge in [0.1, 0.15) is 0 Å². The molecule has 0 aromatic carbocycles. The highest BCUT2D eigenvalue weighted by molar-refractivity contribution is 6.06. The van der Waals surface area contributed by atoms with E-state index < -0.39 is 0 Å². The van der Waals surface area contributed by atoms with Crippen molar-refractivity contribution in [3.63, 3.8) is 0 Å². The zero-order valence-electron chi connectivity index (χ0n) is 15.6. The molecule has 0 saturated carbocycles. The topological polar surface area (TPSA) is 102 Å². The summed E-state index contributed by atoms with van der Waals surface area (Å²) in [6.07, 6.45) is 3.56. The molecule has 3 rings (SSSR count). The summed E-state index contributed by atoms with van der Waals surface area (Å²) in [5, 5.41) is 10.7. The minimum Gasteiger partial charge on any atom is -0.352 e. The van der Waals surface area contributed by atoms with Crippen molar-refractivity contribution in [2.75, 3.05) is 6.54 Å². The molecular weight excluding hydrogens is 344 g/mol. The van der Waals surface area contributed by atoms with Gasteiger partial charge in [0.2, 0.25) is 5.91 Å². The van der Waals surface area contributed by atoms with Crippen LogP contribution in [0.1, 0.15) is 33.7 Å². The van der Waals surface area contributed by atoms with Gasteiger partial charge in [-0.25, -0.2) is 4.98 Å². The number of aryl methyl sites for hydroxylation is 3. The van der Waals surface area contributed by atoms with E-state index in [1.165, 1.54) is 0 Å². The number of carbonyl (C=O) groups excluding carboxylic acids is 2. The Balaban J connectivity index is 1.58. The number of hydrogen-bond donors (Lipinski definition) is 2. The van der Waals surface area contributed by atoms with E-state index in [1.54, 1.807) is 30.2 Å². The van der Waals surface area contributed by atoms with Crippen LogP contribution in [0.4, 0.5) is 0 Å². The highest BCUT2D eigenvalue weighted by Gasteiger charge is 2.17. The average Bonchev–Trinajstić information content (AvgIpc) is 2.94. The van der Waals surface area contributed by atoms with Crippen LogP contribution < -0.4 is 10.6 Å². The van der Waals surface area contributed by atoms with E-state index in [1.807, 2.05) is 26.0 Å². The van der Waals surface area contributed by atoms with Crippen molar-refractivity contribution in [2.24, 2.45) is 7.05 Å². The second-order valence-electron chi connectivity index (χ2n) is 6.36. The molecule has 8 nitrogen and oxygen atoms in total. The van der Waals surface area contributed by atoms with Gasteiger partial charge in [0.05, 0.1) is 16.6 Å². The minimum atomic E-state index is -0.233. The van der Waals surface area contributed by atoms with Crippen LogP contribution in [0, 0.1) is 13.8 Å². The minimum absolute atomic E-state index is 0.124. The van der Waals surface area contributed by atoms with Crippen molar-refractivity contribution >= 4 is 22.8 Å². The molecule has 3 heterocycles. The molecular formula is C19H22N6O2. The number of carbonyl (C=O) groups is 2. The van der Waals surface area contributed by atoms with E-state index >= 15 is 0 Å². The van der Waals surface area contributed by atoms with Gasteiger partial charge in [-0.3, -0.25) is 19.3 Å². The first-order valence-corrected chi connectivity index (χ1v) is 8.70. The van der Waals surface area contributed by atoms with Gasteiger partial charge in [-0.1, -0.05) is 0 Å². The van der Waals surface area contributed by atoms with Crippen LogP contribution in [0.2, 0.25) is 0 Å². The third-order valence-electron chi connectivity index (χ3n) is 4.22. The largest absolute Gasteiger partial charge is 0.352 e. The lowest BCUT2D eigenvalue weighted by molar-refractivity contribution is -0.121. The molecule has 0 fully saturated rings. The Bertz CT molecular complexity index is 981. The lowest BCUT2D eigenvalue weighted by atomic mass is 10.1. The first-order chi connectivity index (χ1) is 13.0. The Labute approximate surface area is 157 Å². The second kappa shape index (κ2) is 7.94. The van der Waals surface area contributed by atoms with E-state index in [-0.39, 0.29) is 24.8 Å². The Morgan fingerprint density at radius 1 is 1.15 bits per heavy atom. The fourth-order valence-electron chi connectivity index (χ4n) is 2.92. The molecule has 27 heavy (non-hydrogen) atoms. The molecule has 0 spiro atoms. The first kappa shape index (κ1) is 18.5. The van der Waals surface area contributed by atoms with Gasteiger partial charge in [0, 0.05) is 44.6 Å². The maximum atomic E-state index is 12.6. The molecule has 2 N–H and O–H groups in total. The third-order valence-corrected chi connectivity index (χ3v) is 4.22. The average molecular weight is 366 g/mol. The number of hydrogen-bond acceptors (Lipinski definition) is 5. The van der Waals surface area contributed by atoms with Crippen LogP contribution >= 0.6 is 0 Å². The molecule has 0 radical (unpaired) electrons. The van der Waals surface area contributed by atoms with Crippen molar-refractivity contribution in [1.82, 2.24) is 30.4 Å². The number of nitrogens with one attached hydrogen (secondary N) is 2. The molecule has 2 amide bonds. The summed E-state index contributed by atoms with van der Waals surface area (Å²) >= 11 is 0. The standard InChI is InChI=1S/C19H22N6O2/c1-12-10-15(17-13(2)24-25(3)18(17)23-12)19(27)21-9-6-16(26)22-11-14-4-7-20-8-5-14/h4-5,7-8,10H,6,9,11H2,1-3H3,(H,21,27)(H,22,26). The van der Waals surface area contributed by atoms with Gasteiger partial charge in [0.25, 0.3) is 5.91 Å². The Kier molecular flexibility index (Phi) is 5.44. The predicted molar refractivity (Wildman–Crippen MR) is 101 cm³/mol. The Hall–Kier alpha value is -3.29. The summed E-state index contributed by atoms with van der Waals surface area (Å²) in [5.41, 5.74) is 3.67. The summed E-state index contributed by atoms with van der Waals surface area (Å²) in [5.74, 6) is -0.357. The number of amides is 2. The van der Waals surface area contributed by atoms with Gasteiger partial charge in [-0.15, -0.1) is 0 Å². The number of rotatable bonds is 6. The lowest BCUT2D eigenvalue weighted by Crippen LogP contribution is -2.30. The van der Waals surface area contributed by atoms with E-state index in [4.69, 9.17) is 0 Å². The van der Waals surface area contributed by atoms with Crippen LogP contribution in [0.15, 0.2) is 30.6 Å². The van der Waals surface area contributed by atoms with Gasteiger partial charge < -0.3 is 10.6 Å². The number of nitrogens with zero attached hydrogens (tertiary/aromatic N) is 4. The van der Waals surface area contributed by atoms with Crippen molar-refractivity contribution < 1.29 is 9.59 Å². The van der Waals surface area contributed by atoms with Crippen LogP contribution in [-0.2, 0) is 18.4 Å². The Morgan fingerprint density at radius 2 is 1.89 bits per heavy atom. The lowest BCUT2D eigenvalue weighted by Gasteiger charge is -2.08. The molecule has 3 aromatic rings. The number of fused-ring (bicyclic) bond motifs is 1. The molecule has 140 valence electrons.